The fourth-order valence-electron chi connectivity index (χ4n) is 1.96. The van der Waals surface area contributed by atoms with Crippen LogP contribution in [0.3, 0.4) is 0 Å². The summed E-state index contributed by atoms with van der Waals surface area (Å²) >= 11 is 0. The van der Waals surface area contributed by atoms with E-state index < -0.39 is 0 Å². The van der Waals surface area contributed by atoms with Crippen molar-refractivity contribution in [3.63, 3.8) is 0 Å². The maximum Gasteiger partial charge on any atom is 0.125 e. The Morgan fingerprint density at radius 2 is 2.27 bits per heavy atom. The van der Waals surface area contributed by atoms with Gasteiger partial charge in [0.05, 0.1) is 17.5 Å². The quantitative estimate of drug-likeness (QED) is 0.688. The van der Waals surface area contributed by atoms with Crippen LogP contribution in [0.25, 0.3) is 0 Å². The lowest BCUT2D eigenvalue weighted by molar-refractivity contribution is 0.154. The Morgan fingerprint density at radius 1 is 1.47 bits per heavy atom. The zero-order valence-corrected chi connectivity index (χ0v) is 8.49. The second-order valence-electron chi connectivity index (χ2n) is 3.95. The number of anilines is 2. The van der Waals surface area contributed by atoms with E-state index in [1.807, 2.05) is 4.90 Å². The van der Waals surface area contributed by atoms with Crippen LogP contribution in [0.15, 0.2) is 18.2 Å². The standard InChI is InChI=1S/C11H15FN2O/c12-8-3-4-10(13)11(6-8)14-5-1-2-9(15)7-14/h3-4,6,9,15H,1-2,5,7,13H2. The summed E-state index contributed by atoms with van der Waals surface area (Å²) in [5.74, 6) is -0.292. The number of hydrogen-bond acceptors (Lipinski definition) is 3. The number of hydrogen-bond donors (Lipinski definition) is 2. The number of aliphatic hydroxyl groups is 1. The van der Waals surface area contributed by atoms with E-state index in [-0.39, 0.29) is 11.9 Å². The first-order valence-electron chi connectivity index (χ1n) is 5.15. The summed E-state index contributed by atoms with van der Waals surface area (Å²) in [5.41, 5.74) is 7.03. The van der Waals surface area contributed by atoms with Crippen LogP contribution in [0, 0.1) is 5.82 Å². The fourth-order valence-corrected chi connectivity index (χ4v) is 1.96. The van der Waals surface area contributed by atoms with Gasteiger partial charge in [-0.05, 0) is 31.0 Å². The minimum absolute atomic E-state index is 0.292. The number of aliphatic hydroxyl groups excluding tert-OH is 1. The highest BCUT2D eigenvalue weighted by Gasteiger charge is 2.19. The average molecular weight is 210 g/mol. The van der Waals surface area contributed by atoms with Gasteiger partial charge in [0.25, 0.3) is 0 Å². The van der Waals surface area contributed by atoms with Crippen LogP contribution >= 0.6 is 0 Å². The molecule has 1 aliphatic heterocycles. The Kier molecular flexibility index (Phi) is 2.77. The van der Waals surface area contributed by atoms with Crippen molar-refractivity contribution in [3.8, 4) is 0 Å². The van der Waals surface area contributed by atoms with Gasteiger partial charge in [-0.15, -0.1) is 0 Å². The molecule has 82 valence electrons. The summed E-state index contributed by atoms with van der Waals surface area (Å²) in [6, 6.07) is 4.33. The first-order valence-corrected chi connectivity index (χ1v) is 5.15. The monoisotopic (exact) mass is 210 g/mol. The van der Waals surface area contributed by atoms with Gasteiger partial charge < -0.3 is 15.7 Å². The van der Waals surface area contributed by atoms with Gasteiger partial charge in [0.15, 0.2) is 0 Å². The SMILES string of the molecule is Nc1ccc(F)cc1N1CCCC(O)C1. The van der Waals surface area contributed by atoms with E-state index in [0.717, 1.165) is 19.4 Å². The highest BCUT2D eigenvalue weighted by atomic mass is 19.1. The fraction of sp³-hybridized carbons (Fsp3) is 0.455. The lowest BCUT2D eigenvalue weighted by Crippen LogP contribution is -2.38. The van der Waals surface area contributed by atoms with Crippen LogP contribution in [0.5, 0.6) is 0 Å². The predicted octanol–water partition coefficient (Wildman–Crippen LogP) is 1.37. The Labute approximate surface area is 88.3 Å². The number of halogens is 1. The molecule has 0 aromatic heterocycles. The van der Waals surface area contributed by atoms with Gasteiger partial charge in [-0.2, -0.15) is 0 Å². The Bertz CT molecular complexity index is 356. The van der Waals surface area contributed by atoms with Crippen molar-refractivity contribution in [1.82, 2.24) is 0 Å². The van der Waals surface area contributed by atoms with Crippen LogP contribution in [0.1, 0.15) is 12.8 Å². The van der Waals surface area contributed by atoms with E-state index in [1.54, 1.807) is 6.07 Å². The summed E-state index contributed by atoms with van der Waals surface area (Å²) < 4.78 is 13.1. The van der Waals surface area contributed by atoms with Crippen LogP contribution in [-0.4, -0.2) is 24.3 Å². The van der Waals surface area contributed by atoms with Gasteiger partial charge in [-0.25, -0.2) is 4.39 Å². The molecule has 0 spiro atoms. The number of nitrogens with zero attached hydrogens (tertiary/aromatic N) is 1. The minimum atomic E-state index is -0.332. The van der Waals surface area contributed by atoms with Gasteiger partial charge in [-0.1, -0.05) is 0 Å². The molecule has 1 heterocycles. The Hall–Kier alpha value is -1.29. The number of nitrogen functional groups attached to an aromatic ring is 1. The second kappa shape index (κ2) is 4.06. The topological polar surface area (TPSA) is 49.5 Å². The van der Waals surface area contributed by atoms with Crippen molar-refractivity contribution in [2.45, 2.75) is 18.9 Å². The molecule has 0 saturated carbocycles. The maximum atomic E-state index is 13.1. The van der Waals surface area contributed by atoms with Gasteiger partial charge in [0.2, 0.25) is 0 Å². The molecule has 0 radical (unpaired) electrons. The third kappa shape index (κ3) is 2.21. The van der Waals surface area contributed by atoms with E-state index >= 15 is 0 Å². The Balaban J connectivity index is 2.24. The van der Waals surface area contributed by atoms with E-state index in [1.165, 1.54) is 12.1 Å². The highest BCUT2D eigenvalue weighted by molar-refractivity contribution is 5.67. The van der Waals surface area contributed by atoms with Crippen LogP contribution < -0.4 is 10.6 Å². The zero-order valence-electron chi connectivity index (χ0n) is 8.49. The maximum absolute atomic E-state index is 13.1. The van der Waals surface area contributed by atoms with Crippen molar-refractivity contribution < 1.29 is 9.50 Å². The largest absolute Gasteiger partial charge is 0.397 e. The zero-order chi connectivity index (χ0) is 10.8. The molecular formula is C11H15FN2O. The molecule has 3 nitrogen and oxygen atoms in total. The number of piperidine rings is 1. The molecule has 15 heavy (non-hydrogen) atoms. The molecule has 1 aromatic carbocycles. The van der Waals surface area contributed by atoms with E-state index in [4.69, 9.17) is 5.73 Å². The van der Waals surface area contributed by atoms with Gasteiger partial charge in [-0.3, -0.25) is 0 Å². The average Bonchev–Trinajstić information content (AvgIpc) is 2.22. The lowest BCUT2D eigenvalue weighted by atomic mass is 10.1. The number of benzene rings is 1. The highest BCUT2D eigenvalue weighted by Crippen LogP contribution is 2.26. The molecule has 1 unspecified atom stereocenters. The molecule has 1 aromatic rings. The first-order chi connectivity index (χ1) is 7.16. The van der Waals surface area contributed by atoms with E-state index in [2.05, 4.69) is 0 Å². The third-order valence-corrected chi connectivity index (χ3v) is 2.73. The molecule has 3 N–H and O–H groups in total. The van der Waals surface area contributed by atoms with Crippen molar-refractivity contribution in [2.75, 3.05) is 23.7 Å². The van der Waals surface area contributed by atoms with Crippen LogP contribution in [0.4, 0.5) is 15.8 Å². The number of rotatable bonds is 1. The first kappa shape index (κ1) is 10.2. The molecule has 0 aliphatic carbocycles. The number of nitrogens with two attached hydrogens (primary N) is 1. The smallest absolute Gasteiger partial charge is 0.125 e. The van der Waals surface area contributed by atoms with Gasteiger partial charge >= 0.3 is 0 Å². The van der Waals surface area contributed by atoms with Crippen LogP contribution in [0.2, 0.25) is 0 Å². The molecule has 1 atom stereocenters. The summed E-state index contributed by atoms with van der Waals surface area (Å²) in [7, 11) is 0. The summed E-state index contributed by atoms with van der Waals surface area (Å²) in [6.07, 6.45) is 1.39. The summed E-state index contributed by atoms with van der Waals surface area (Å²) in [5, 5.41) is 9.52. The third-order valence-electron chi connectivity index (χ3n) is 2.73. The predicted molar refractivity (Wildman–Crippen MR) is 58.3 cm³/mol. The summed E-state index contributed by atoms with van der Waals surface area (Å²) in [6.45, 7) is 1.36. The van der Waals surface area contributed by atoms with Crippen LogP contribution in [-0.2, 0) is 0 Å². The van der Waals surface area contributed by atoms with Crippen molar-refractivity contribution in [2.24, 2.45) is 0 Å². The Morgan fingerprint density at radius 3 is 3.00 bits per heavy atom. The van der Waals surface area contributed by atoms with Gasteiger partial charge in [0.1, 0.15) is 5.82 Å². The summed E-state index contributed by atoms with van der Waals surface area (Å²) in [4.78, 5) is 1.94. The molecule has 2 rings (SSSR count). The minimum Gasteiger partial charge on any atom is -0.397 e. The molecular weight excluding hydrogens is 195 g/mol. The van der Waals surface area contributed by atoms with E-state index in [0.29, 0.717) is 17.9 Å². The molecule has 1 fully saturated rings. The van der Waals surface area contributed by atoms with Crippen molar-refractivity contribution in [1.29, 1.82) is 0 Å². The normalized spacial score (nSPS) is 21.7. The van der Waals surface area contributed by atoms with Gasteiger partial charge in [0, 0.05) is 13.1 Å². The number of β-amino-alcohol motifs (C(OH)–C–C–N with tert-alkyl or cyclic N) is 1. The van der Waals surface area contributed by atoms with Crippen molar-refractivity contribution in [3.05, 3.63) is 24.0 Å². The molecule has 0 bridgehead atoms. The second-order valence-corrected chi connectivity index (χ2v) is 3.95. The lowest BCUT2D eigenvalue weighted by Gasteiger charge is -2.32. The van der Waals surface area contributed by atoms with Crippen molar-refractivity contribution >= 4 is 11.4 Å². The van der Waals surface area contributed by atoms with E-state index in [9.17, 15) is 9.50 Å². The molecule has 1 aliphatic rings. The molecule has 1 saturated heterocycles. The molecule has 0 amide bonds. The molecule has 4 heteroatoms.